The number of hydrogen-bond acceptors (Lipinski definition) is 10. The summed E-state index contributed by atoms with van der Waals surface area (Å²) in [5.41, 5.74) is 16.2. The second kappa shape index (κ2) is 39.7. The quantitative estimate of drug-likeness (QED) is 0.0968. The molecule has 4 fully saturated rings. The molecule has 1 aliphatic carbocycles. The van der Waals surface area contributed by atoms with Gasteiger partial charge in [0.1, 0.15) is 17.2 Å². The lowest BCUT2D eigenvalue weighted by Gasteiger charge is -2.40. The maximum absolute atomic E-state index is 13.5. The van der Waals surface area contributed by atoms with Crippen molar-refractivity contribution in [2.45, 2.75) is 49.9 Å². The van der Waals surface area contributed by atoms with E-state index in [1.807, 2.05) is 81.4 Å². The van der Waals surface area contributed by atoms with Crippen LogP contribution in [-0.2, 0) is 12.8 Å². The van der Waals surface area contributed by atoms with Crippen LogP contribution in [0.4, 0.5) is 4.39 Å². The number of rotatable bonds is 16. The van der Waals surface area contributed by atoms with Gasteiger partial charge in [0, 0.05) is 147 Å². The Kier molecular flexibility index (Phi) is 26.8. The van der Waals surface area contributed by atoms with Gasteiger partial charge in [-0.15, -0.1) is 11.3 Å². The number of halogens is 2. The molecule has 18 heteroatoms. The first-order valence-corrected chi connectivity index (χ1v) is 44.6. The van der Waals surface area contributed by atoms with Crippen molar-refractivity contribution in [2.24, 2.45) is 0 Å². The molecule has 0 saturated carbocycles. The fourth-order valence-electron chi connectivity index (χ4n) is 18.3. The maximum atomic E-state index is 13.5. The topological polar surface area (TPSA) is 139 Å². The van der Waals surface area contributed by atoms with Crippen LogP contribution in [0.5, 0.6) is 0 Å². The van der Waals surface area contributed by atoms with Gasteiger partial charge < -0.3 is 29.6 Å². The van der Waals surface area contributed by atoms with Crippen molar-refractivity contribution < 1.29 is 23.6 Å². The predicted molar refractivity (Wildman–Crippen MR) is 496 cm³/mol. The molecule has 0 radical (unpaired) electrons. The van der Waals surface area contributed by atoms with Crippen molar-refractivity contribution in [3.8, 4) is 0 Å². The van der Waals surface area contributed by atoms with Crippen LogP contribution in [0.1, 0.15) is 133 Å². The highest BCUT2D eigenvalue weighted by Gasteiger charge is 2.35. The van der Waals surface area contributed by atoms with Crippen LogP contribution in [0.25, 0.3) is 32.7 Å². The van der Waals surface area contributed by atoms with Gasteiger partial charge in [0.05, 0.1) is 40.1 Å². The van der Waals surface area contributed by atoms with Gasteiger partial charge >= 0.3 is 0 Å². The standard InChI is InChI=1S/C27H25N3O.C26H24BrN3O.C26H24FN3O.C26H28N2OS/c31-27(24-15-16-28-25-14-8-7-13-23(24)25)30-19-17-29(18-20-30)26(21-9-3-1-4-10-21)22-11-5-2-6-12-22;27-22-12-11-21-17-24(28-23(21)18-22)26(31)30-15-13-29(14-16-30)25(19-7-3-1-4-8-19)20-9-5-2-6-10-20;27-22-11-12-23-21(17-22)18-24(28-23)26(31)30-15-13-29(14-16-30)25(19-7-3-1-4-8-19)20-9-5-2-6-10-20;29-26(24-19-22-13-7-8-14-23(22)30-24)28-17-15-27(16-18-28)25(20-9-3-1-4-10-20)21-11-5-2-6-12-21/h1-16,26H,17-20H2;2*1-12,17-18,25,28H,13-16H2;1-6,9-12,19,25H,7-8,13-18H2. The summed E-state index contributed by atoms with van der Waals surface area (Å²) < 4.78 is 14.5. The number of piperazine rings is 4. The molecule has 4 amide bonds. The molecule has 15 aromatic rings. The molecule has 0 bridgehead atoms. The van der Waals surface area contributed by atoms with Crippen molar-refractivity contribution in [2.75, 3.05) is 105 Å². The lowest BCUT2D eigenvalue weighted by molar-refractivity contribution is 0.0587. The highest BCUT2D eigenvalue weighted by atomic mass is 79.9. The van der Waals surface area contributed by atoms with Crippen LogP contribution in [0, 0.1) is 5.82 Å². The number of nitrogens with one attached hydrogen (secondary N) is 2. The van der Waals surface area contributed by atoms with Gasteiger partial charge in [-0.25, -0.2) is 4.39 Å². The number of amides is 4. The fourth-order valence-corrected chi connectivity index (χ4v) is 19.8. The Hall–Kier alpha value is -12.3. The van der Waals surface area contributed by atoms with Crippen molar-refractivity contribution >= 4 is 83.6 Å². The number of nitrogens with zero attached hydrogens (tertiary/aromatic N) is 9. The number of carbonyl (C=O) groups excluding carboxylic acids is 4. The summed E-state index contributed by atoms with van der Waals surface area (Å²) in [5, 5.41) is 2.69. The highest BCUT2D eigenvalue weighted by molar-refractivity contribution is 9.10. The van der Waals surface area contributed by atoms with E-state index < -0.39 is 0 Å². The van der Waals surface area contributed by atoms with Gasteiger partial charge in [-0.1, -0.05) is 283 Å². The number of hydrogen-bond donors (Lipinski definition) is 2. The molecule has 20 rings (SSSR count). The van der Waals surface area contributed by atoms with Gasteiger partial charge in [-0.3, -0.25) is 43.8 Å². The predicted octanol–water partition coefficient (Wildman–Crippen LogP) is 20.3. The van der Waals surface area contributed by atoms with E-state index in [4.69, 9.17) is 0 Å². The highest BCUT2D eigenvalue weighted by Crippen LogP contribution is 2.37. The summed E-state index contributed by atoms with van der Waals surface area (Å²) in [7, 11) is 0. The molecule has 15 nitrogen and oxygen atoms in total. The fraction of sp³-hybridized carbons (Fsp3) is 0.229. The van der Waals surface area contributed by atoms with E-state index in [9.17, 15) is 23.6 Å². The normalized spacial score (nSPS) is 15.5. The zero-order valence-electron chi connectivity index (χ0n) is 69.0. The molecule has 123 heavy (non-hydrogen) atoms. The molecule has 8 heterocycles. The van der Waals surface area contributed by atoms with E-state index in [-0.39, 0.29) is 53.6 Å². The van der Waals surface area contributed by atoms with Gasteiger partial charge in [0.15, 0.2) is 0 Å². The van der Waals surface area contributed by atoms with Gasteiger partial charge in [0.2, 0.25) is 0 Å². The monoisotopic (exact) mass is 1710 g/mol. The first-order valence-electron chi connectivity index (χ1n) is 43.0. The Morgan fingerprint density at radius 3 is 1.08 bits per heavy atom. The van der Waals surface area contributed by atoms with E-state index in [0.717, 1.165) is 126 Å². The first kappa shape index (κ1) is 83.0. The van der Waals surface area contributed by atoms with E-state index in [1.54, 1.807) is 29.7 Å². The number of pyridine rings is 1. The summed E-state index contributed by atoms with van der Waals surface area (Å²) in [6, 6.07) is 112. The van der Waals surface area contributed by atoms with Crippen LogP contribution in [0.15, 0.2) is 338 Å². The average molecular weight is 1710 g/mol. The Morgan fingerprint density at radius 1 is 0.333 bits per heavy atom. The second-order valence-corrected chi connectivity index (χ2v) is 34.2. The van der Waals surface area contributed by atoms with Crippen molar-refractivity contribution in [3.05, 3.63) is 421 Å². The number of aromatic amines is 2. The van der Waals surface area contributed by atoms with Crippen LogP contribution in [-0.4, -0.2) is 182 Å². The molecule has 0 spiro atoms. The smallest absolute Gasteiger partial charge is 0.270 e. The summed E-state index contributed by atoms with van der Waals surface area (Å²) in [5.74, 6) is 0.0569. The van der Waals surface area contributed by atoms with Gasteiger partial charge in [-0.05, 0) is 136 Å². The number of fused-ring (bicyclic) bond motifs is 4. The minimum absolute atomic E-state index is 0.0350. The summed E-state index contributed by atoms with van der Waals surface area (Å²) in [6.07, 6.45) is 6.54. The Balaban J connectivity index is 0.000000116. The third kappa shape index (κ3) is 19.8. The summed E-state index contributed by atoms with van der Waals surface area (Å²) in [6.45, 7) is 12.5. The zero-order valence-corrected chi connectivity index (χ0v) is 71.4. The molecule has 4 aromatic heterocycles. The minimum atomic E-state index is -0.299. The maximum Gasteiger partial charge on any atom is 0.270 e. The summed E-state index contributed by atoms with van der Waals surface area (Å²) >= 11 is 5.23. The second-order valence-electron chi connectivity index (χ2n) is 32.2. The molecular weight excluding hydrogens is 1610 g/mol. The molecular formula is C105H101BrFN11O4S. The molecule has 0 unspecified atom stereocenters. The molecule has 11 aromatic carbocycles. The van der Waals surface area contributed by atoms with Crippen molar-refractivity contribution in [1.82, 2.24) is 54.2 Å². The van der Waals surface area contributed by atoms with E-state index in [1.165, 1.54) is 79.9 Å². The number of aryl methyl sites for hydroxylation is 2. The van der Waals surface area contributed by atoms with Crippen LogP contribution < -0.4 is 0 Å². The largest absolute Gasteiger partial charge is 0.351 e. The number of thiophene rings is 1. The lowest BCUT2D eigenvalue weighted by Crippen LogP contribution is -2.50. The zero-order chi connectivity index (χ0) is 83.8. The molecule has 620 valence electrons. The number of benzene rings is 11. The Bertz CT molecular complexity index is 5620. The number of carbonyl (C=O) groups is 4. The van der Waals surface area contributed by atoms with Crippen molar-refractivity contribution in [1.29, 1.82) is 0 Å². The SMILES string of the molecule is O=C(c1cc2c(s1)CCCC2)N1CCN(C(c2ccccc2)c2ccccc2)CC1.O=C(c1cc2cc(F)ccc2[nH]1)N1CCN(C(c2ccccc2)c2ccccc2)CC1.O=C(c1cc2ccc(Br)cc2[nH]1)N1CCN(C(c2ccccc2)c2ccccc2)CC1.O=C(c1ccnc2ccccc12)N1CCN(C(c2ccccc2)c2ccccc2)CC1. The number of aromatic nitrogens is 3. The van der Waals surface area contributed by atoms with E-state index in [0.29, 0.717) is 50.7 Å². The Morgan fingerprint density at radius 2 is 0.683 bits per heavy atom. The van der Waals surface area contributed by atoms with Gasteiger partial charge in [-0.2, -0.15) is 0 Å². The van der Waals surface area contributed by atoms with E-state index in [2.05, 4.69) is 292 Å². The molecule has 4 saturated heterocycles. The number of para-hydroxylation sites is 1. The van der Waals surface area contributed by atoms with E-state index >= 15 is 0 Å². The average Bonchev–Trinajstić information content (AvgIpc) is 1.61. The first-order chi connectivity index (χ1) is 60.5. The van der Waals surface area contributed by atoms with Crippen LogP contribution in [0.3, 0.4) is 0 Å². The third-order valence-electron chi connectivity index (χ3n) is 24.5. The van der Waals surface area contributed by atoms with Crippen molar-refractivity contribution in [3.63, 3.8) is 0 Å². The molecule has 0 atom stereocenters. The molecule has 5 aliphatic rings. The lowest BCUT2D eigenvalue weighted by atomic mass is 9.96. The van der Waals surface area contributed by atoms with Crippen LogP contribution in [0.2, 0.25) is 0 Å². The van der Waals surface area contributed by atoms with Crippen LogP contribution >= 0.6 is 27.3 Å². The summed E-state index contributed by atoms with van der Waals surface area (Å²) in [4.78, 5) is 83.6. The van der Waals surface area contributed by atoms with Gasteiger partial charge in [0.25, 0.3) is 23.6 Å². The third-order valence-corrected chi connectivity index (χ3v) is 26.2. The molecule has 2 N–H and O–H groups in total. The number of H-pyrrole nitrogens is 2. The molecule has 4 aliphatic heterocycles. The Labute approximate surface area is 731 Å². The minimum Gasteiger partial charge on any atom is -0.351 e.